The third kappa shape index (κ3) is 10.8. The molecule has 0 aliphatic heterocycles. The van der Waals surface area contributed by atoms with Crippen LogP contribution in [-0.2, 0) is 19.3 Å². The molecule has 0 saturated heterocycles. The summed E-state index contributed by atoms with van der Waals surface area (Å²) in [5.74, 6) is -0.788. The van der Waals surface area contributed by atoms with Crippen LogP contribution in [0.25, 0.3) is 0 Å². The average Bonchev–Trinajstić information content (AvgIpc) is 2.14. The van der Waals surface area contributed by atoms with Gasteiger partial charge in [-0.2, -0.15) is 8.42 Å². The highest BCUT2D eigenvalue weighted by Gasteiger charge is 2.29. The van der Waals surface area contributed by atoms with Gasteiger partial charge < -0.3 is 23.9 Å². The Kier molecular flexibility index (Phi) is 7.35. The summed E-state index contributed by atoms with van der Waals surface area (Å²) in [6.45, 7) is -0.125. The molecule has 0 bridgehead atoms. The normalized spacial score (nSPS) is 14.9. The molecule has 0 rings (SSSR count). The molecule has 17 heavy (non-hydrogen) atoms. The zero-order chi connectivity index (χ0) is 13.5. The van der Waals surface area contributed by atoms with Crippen molar-refractivity contribution in [2.45, 2.75) is 18.6 Å². The van der Waals surface area contributed by atoms with Crippen molar-refractivity contribution < 1.29 is 36.8 Å². The van der Waals surface area contributed by atoms with Gasteiger partial charge in [0.25, 0.3) is 10.1 Å². The van der Waals surface area contributed by atoms with Crippen LogP contribution >= 0.6 is 0 Å². The molecule has 0 aliphatic carbocycles. The SMILES string of the molecule is CO[Si](O)(O)CCCOCC(O)CS(=O)(=O)O. The maximum Gasteiger partial charge on any atom is 0.495 e. The maximum atomic E-state index is 10.4. The quantitative estimate of drug-likeness (QED) is 0.222. The largest absolute Gasteiger partial charge is 0.495 e. The molecule has 0 fully saturated rings. The standard InChI is InChI=1S/C7H18O8SSi/c1-14-17(12,13)4-2-3-15-5-7(8)6-16(9,10)11/h7-8,12-13H,2-6H2,1H3,(H,9,10,11). The van der Waals surface area contributed by atoms with Crippen LogP contribution in [0.4, 0.5) is 0 Å². The van der Waals surface area contributed by atoms with Crippen LogP contribution < -0.4 is 0 Å². The Bertz CT molecular complexity index is 303. The zero-order valence-electron chi connectivity index (χ0n) is 9.44. The van der Waals surface area contributed by atoms with E-state index in [1.807, 2.05) is 0 Å². The van der Waals surface area contributed by atoms with E-state index in [0.29, 0.717) is 6.42 Å². The molecule has 0 saturated carbocycles. The molecule has 0 aromatic heterocycles. The average molecular weight is 290 g/mol. The lowest BCUT2D eigenvalue weighted by atomic mass is 10.4. The molecular weight excluding hydrogens is 272 g/mol. The molecule has 0 amide bonds. The Morgan fingerprint density at radius 3 is 2.41 bits per heavy atom. The van der Waals surface area contributed by atoms with Crippen LogP contribution in [0.2, 0.25) is 6.04 Å². The molecule has 10 heteroatoms. The first-order valence-corrected chi connectivity index (χ1v) is 8.49. The topological polar surface area (TPSA) is 134 Å². The zero-order valence-corrected chi connectivity index (χ0v) is 11.3. The minimum absolute atomic E-state index is 0.0535. The highest BCUT2D eigenvalue weighted by molar-refractivity contribution is 7.85. The molecule has 8 nitrogen and oxygen atoms in total. The number of ether oxygens (including phenoxy) is 1. The van der Waals surface area contributed by atoms with Gasteiger partial charge in [-0.1, -0.05) is 0 Å². The molecular formula is C7H18O8SSi. The first-order valence-electron chi connectivity index (χ1n) is 4.87. The van der Waals surface area contributed by atoms with E-state index in [1.54, 1.807) is 0 Å². The van der Waals surface area contributed by atoms with Crippen molar-refractivity contribution in [3.8, 4) is 0 Å². The smallest absolute Gasteiger partial charge is 0.390 e. The lowest BCUT2D eigenvalue weighted by Gasteiger charge is -2.14. The fourth-order valence-electron chi connectivity index (χ4n) is 1.02. The summed E-state index contributed by atoms with van der Waals surface area (Å²) >= 11 is 0. The summed E-state index contributed by atoms with van der Waals surface area (Å²) in [5.41, 5.74) is 0. The van der Waals surface area contributed by atoms with E-state index in [1.165, 1.54) is 7.11 Å². The van der Waals surface area contributed by atoms with E-state index in [-0.39, 0.29) is 19.3 Å². The minimum Gasteiger partial charge on any atom is -0.390 e. The van der Waals surface area contributed by atoms with E-state index in [2.05, 4.69) is 4.43 Å². The lowest BCUT2D eigenvalue weighted by molar-refractivity contribution is 0.0459. The Labute approximate surface area is 101 Å². The van der Waals surface area contributed by atoms with Crippen LogP contribution in [0.5, 0.6) is 0 Å². The van der Waals surface area contributed by atoms with E-state index in [9.17, 15) is 8.42 Å². The second kappa shape index (κ2) is 7.38. The van der Waals surface area contributed by atoms with Gasteiger partial charge in [-0.15, -0.1) is 0 Å². The Balaban J connectivity index is 3.59. The molecule has 0 aromatic carbocycles. The Hall–Kier alpha value is -0.0731. The fraction of sp³-hybridized carbons (Fsp3) is 1.00. The summed E-state index contributed by atoms with van der Waals surface area (Å²) in [6.07, 6.45) is -0.997. The predicted octanol–water partition coefficient (Wildman–Crippen LogP) is -1.79. The van der Waals surface area contributed by atoms with Crippen LogP contribution in [0.3, 0.4) is 0 Å². The predicted molar refractivity (Wildman–Crippen MR) is 59.9 cm³/mol. The number of rotatable bonds is 9. The van der Waals surface area contributed by atoms with Gasteiger partial charge in [-0.3, -0.25) is 4.55 Å². The molecule has 0 aliphatic rings. The van der Waals surface area contributed by atoms with Crippen LogP contribution in [0.1, 0.15) is 6.42 Å². The molecule has 0 aromatic rings. The Morgan fingerprint density at radius 1 is 1.35 bits per heavy atom. The minimum atomic E-state index is -4.22. The van der Waals surface area contributed by atoms with Crippen molar-refractivity contribution in [2.75, 3.05) is 26.1 Å². The van der Waals surface area contributed by atoms with Crippen molar-refractivity contribution in [3.63, 3.8) is 0 Å². The van der Waals surface area contributed by atoms with E-state index >= 15 is 0 Å². The Morgan fingerprint density at radius 2 is 1.94 bits per heavy atom. The number of aliphatic hydroxyl groups is 1. The maximum absolute atomic E-state index is 10.4. The monoisotopic (exact) mass is 290 g/mol. The van der Waals surface area contributed by atoms with Gasteiger partial charge in [-0.05, 0) is 6.42 Å². The van der Waals surface area contributed by atoms with Gasteiger partial charge in [0.2, 0.25) is 0 Å². The summed E-state index contributed by atoms with van der Waals surface area (Å²) in [7, 11) is -6.59. The summed E-state index contributed by atoms with van der Waals surface area (Å²) in [5, 5.41) is 9.11. The molecule has 1 unspecified atom stereocenters. The van der Waals surface area contributed by atoms with Crippen molar-refractivity contribution in [3.05, 3.63) is 0 Å². The fourth-order valence-corrected chi connectivity index (χ4v) is 2.41. The highest BCUT2D eigenvalue weighted by atomic mass is 32.2. The molecule has 4 N–H and O–H groups in total. The van der Waals surface area contributed by atoms with E-state index < -0.39 is 30.8 Å². The van der Waals surface area contributed by atoms with Gasteiger partial charge in [-0.25, -0.2) is 0 Å². The van der Waals surface area contributed by atoms with E-state index in [4.69, 9.17) is 24.0 Å². The van der Waals surface area contributed by atoms with Crippen LogP contribution in [0, 0.1) is 0 Å². The molecule has 1 atom stereocenters. The third-order valence-electron chi connectivity index (χ3n) is 1.83. The third-order valence-corrected chi connectivity index (χ3v) is 4.30. The highest BCUT2D eigenvalue weighted by Crippen LogP contribution is 2.05. The van der Waals surface area contributed by atoms with Crippen LogP contribution in [-0.4, -0.2) is 68.7 Å². The molecule has 0 radical (unpaired) electrons. The summed E-state index contributed by atoms with van der Waals surface area (Å²) in [4.78, 5) is 18.3. The van der Waals surface area contributed by atoms with Gasteiger partial charge in [0, 0.05) is 19.8 Å². The van der Waals surface area contributed by atoms with Gasteiger partial charge in [0.05, 0.1) is 12.7 Å². The number of hydrogen-bond donors (Lipinski definition) is 4. The second-order valence-electron chi connectivity index (χ2n) is 3.53. The first kappa shape index (κ1) is 16.9. The van der Waals surface area contributed by atoms with Crippen molar-refractivity contribution in [1.29, 1.82) is 0 Å². The molecule has 0 heterocycles. The van der Waals surface area contributed by atoms with Gasteiger partial charge in [0.1, 0.15) is 5.75 Å². The molecule has 0 spiro atoms. The van der Waals surface area contributed by atoms with Gasteiger partial charge in [0.15, 0.2) is 0 Å². The number of hydrogen-bond acceptors (Lipinski definition) is 7. The second-order valence-corrected chi connectivity index (χ2v) is 7.42. The van der Waals surface area contributed by atoms with Crippen LogP contribution in [0.15, 0.2) is 0 Å². The lowest BCUT2D eigenvalue weighted by Crippen LogP contribution is -2.37. The summed E-state index contributed by atoms with van der Waals surface area (Å²) < 4.78 is 38.5. The van der Waals surface area contributed by atoms with Crippen molar-refractivity contribution in [1.82, 2.24) is 0 Å². The van der Waals surface area contributed by atoms with E-state index in [0.717, 1.165) is 0 Å². The number of aliphatic hydroxyl groups excluding tert-OH is 1. The molecule has 104 valence electrons. The van der Waals surface area contributed by atoms with Crippen molar-refractivity contribution in [2.24, 2.45) is 0 Å². The first-order chi connectivity index (χ1) is 7.66. The summed E-state index contributed by atoms with van der Waals surface area (Å²) in [6, 6.07) is 0.0535. The van der Waals surface area contributed by atoms with Gasteiger partial charge >= 0.3 is 8.80 Å². The van der Waals surface area contributed by atoms with Crippen molar-refractivity contribution >= 4 is 18.9 Å².